The van der Waals surface area contributed by atoms with Gasteiger partial charge < -0.3 is 4.57 Å². The van der Waals surface area contributed by atoms with E-state index in [4.69, 9.17) is 0 Å². The second-order valence-corrected chi connectivity index (χ2v) is 18.4. The molecule has 11 rings (SSSR count). The molecule has 0 radical (unpaired) electrons. The highest BCUT2D eigenvalue weighted by atomic mass is 32.2. The minimum atomic E-state index is -0.0830. The van der Waals surface area contributed by atoms with Gasteiger partial charge in [0.2, 0.25) is 0 Å². The van der Waals surface area contributed by atoms with Crippen LogP contribution in [-0.2, 0) is 18.3 Å². The van der Waals surface area contributed by atoms with E-state index in [1.165, 1.54) is 87.7 Å². The van der Waals surface area contributed by atoms with Crippen molar-refractivity contribution in [1.29, 1.82) is 0 Å². The fourth-order valence-electron chi connectivity index (χ4n) is 11.1. The number of hydrogen-bond acceptors (Lipinski definition) is 2. The van der Waals surface area contributed by atoms with Gasteiger partial charge in [-0.05, 0) is 134 Å². The van der Waals surface area contributed by atoms with Crippen molar-refractivity contribution in [2.75, 3.05) is 0 Å². The molecule has 1 nitrogen and oxygen atoms in total. The van der Waals surface area contributed by atoms with Crippen molar-refractivity contribution in [1.82, 2.24) is 4.57 Å². The smallest absolute Gasteiger partial charge is 0.0455 e. The van der Waals surface area contributed by atoms with E-state index < -0.39 is 0 Å². The number of rotatable bonds is 3. The molecule has 52 heavy (non-hydrogen) atoms. The van der Waals surface area contributed by atoms with Crippen molar-refractivity contribution >= 4 is 41.2 Å². The van der Waals surface area contributed by atoms with Crippen LogP contribution in [0.15, 0.2) is 136 Å². The Morgan fingerprint density at radius 1 is 0.635 bits per heavy atom. The number of para-hydroxylation sites is 1. The van der Waals surface area contributed by atoms with Crippen molar-refractivity contribution in [3.63, 3.8) is 0 Å². The van der Waals surface area contributed by atoms with Gasteiger partial charge >= 0.3 is 0 Å². The average Bonchev–Trinajstić information content (AvgIpc) is 3.55. The summed E-state index contributed by atoms with van der Waals surface area (Å²) < 4.78 is 2.59. The predicted octanol–water partition coefficient (Wildman–Crippen LogP) is 12.7. The number of fused-ring (bicyclic) bond motifs is 11. The van der Waals surface area contributed by atoms with Crippen LogP contribution in [0, 0.1) is 11.8 Å². The number of hydrogen-bond donors (Lipinski definition) is 0. The summed E-state index contributed by atoms with van der Waals surface area (Å²) in [5.74, 6) is 0.931. The van der Waals surface area contributed by atoms with Crippen LogP contribution in [0.1, 0.15) is 90.6 Å². The van der Waals surface area contributed by atoms with Crippen LogP contribution < -0.4 is 0 Å². The highest BCUT2D eigenvalue weighted by Crippen LogP contribution is 2.66. The van der Waals surface area contributed by atoms with E-state index in [1.54, 1.807) is 22.3 Å². The zero-order valence-corrected chi connectivity index (χ0v) is 31.4. The third-order valence-electron chi connectivity index (χ3n) is 13.3. The second kappa shape index (κ2) is 12.6. The number of aromatic nitrogens is 1. The summed E-state index contributed by atoms with van der Waals surface area (Å²) in [6.07, 6.45) is 34.1. The SMILES string of the molecule is C1=CCCC(C2=CC3C(CC2)SC2CCC=CC2C32c3ccccc3Sc3ccc(C4=Cc5c6c(n(-c7ccccc7)c5CC4)CCC=C6)cc32)=C1. The molecule has 0 bridgehead atoms. The van der Waals surface area contributed by atoms with Crippen molar-refractivity contribution in [3.8, 4) is 5.69 Å². The molecule has 2 aliphatic heterocycles. The monoisotopic (exact) mass is 711 g/mol. The molecule has 5 aliphatic carbocycles. The molecule has 1 saturated heterocycles. The van der Waals surface area contributed by atoms with Gasteiger partial charge in [-0.2, -0.15) is 11.8 Å². The first-order valence-electron chi connectivity index (χ1n) is 19.8. The predicted molar refractivity (Wildman–Crippen MR) is 221 cm³/mol. The lowest BCUT2D eigenvalue weighted by atomic mass is 9.53. The maximum Gasteiger partial charge on any atom is 0.0455 e. The molecule has 0 N–H and O–H groups in total. The summed E-state index contributed by atoms with van der Waals surface area (Å²) in [6, 6.07) is 28.3. The summed E-state index contributed by atoms with van der Waals surface area (Å²) in [5, 5.41) is 1.29. The molecule has 5 atom stereocenters. The van der Waals surface area contributed by atoms with E-state index in [-0.39, 0.29) is 5.41 Å². The van der Waals surface area contributed by atoms with Crippen LogP contribution in [0.2, 0.25) is 0 Å². The zero-order chi connectivity index (χ0) is 34.2. The van der Waals surface area contributed by atoms with Crippen molar-refractivity contribution in [2.24, 2.45) is 11.8 Å². The molecular formula is C49H45NS2. The first-order chi connectivity index (χ1) is 25.8. The standard InChI is InChI=1S/C49H45NS2/c1-3-13-32(14-4-1)34-24-27-47-41(30-34)49(39-18-8-11-21-45(39)51-47)40-19-9-12-22-46(40)52-48-28-25-35(31-42(48)49)33-23-26-44-38(29-33)37-17-7-10-20-43(37)50(44)36-15-5-2-6-16-36/h1-3,5-9,12-13,15-19,22,25,28-31,39,41,45,47H,4,10-11,14,20-21,23-24,26-27H2. The molecule has 3 heterocycles. The Morgan fingerprint density at radius 3 is 2.40 bits per heavy atom. The Labute approximate surface area is 317 Å². The van der Waals surface area contributed by atoms with Gasteiger partial charge in [-0.3, -0.25) is 0 Å². The first-order valence-corrected chi connectivity index (χ1v) is 21.5. The van der Waals surface area contributed by atoms with E-state index in [0.29, 0.717) is 22.3 Å². The molecule has 1 fully saturated rings. The Morgan fingerprint density at radius 2 is 1.48 bits per heavy atom. The first kappa shape index (κ1) is 31.6. The van der Waals surface area contributed by atoms with E-state index in [9.17, 15) is 0 Å². The minimum absolute atomic E-state index is 0.0830. The lowest BCUT2D eigenvalue weighted by molar-refractivity contribution is 0.233. The Kier molecular flexibility index (Phi) is 7.65. The van der Waals surface area contributed by atoms with Crippen LogP contribution in [-0.4, -0.2) is 15.1 Å². The van der Waals surface area contributed by atoms with Gasteiger partial charge in [0, 0.05) is 65.7 Å². The van der Waals surface area contributed by atoms with Crippen molar-refractivity contribution in [2.45, 2.75) is 89.9 Å². The van der Waals surface area contributed by atoms with Crippen molar-refractivity contribution < 1.29 is 0 Å². The Hall–Kier alpha value is -3.92. The quantitative estimate of drug-likeness (QED) is 0.195. The van der Waals surface area contributed by atoms with E-state index in [2.05, 4.69) is 144 Å². The van der Waals surface area contributed by atoms with E-state index >= 15 is 0 Å². The van der Waals surface area contributed by atoms with Gasteiger partial charge in [-0.15, -0.1) is 0 Å². The van der Waals surface area contributed by atoms with Gasteiger partial charge in [0.15, 0.2) is 0 Å². The number of benzene rings is 3. The van der Waals surface area contributed by atoms with Crippen LogP contribution in [0.3, 0.4) is 0 Å². The second-order valence-electron chi connectivity index (χ2n) is 15.8. The lowest BCUT2D eigenvalue weighted by Crippen LogP contribution is -2.56. The van der Waals surface area contributed by atoms with Crippen LogP contribution in [0.4, 0.5) is 0 Å². The van der Waals surface area contributed by atoms with Gasteiger partial charge in [0.25, 0.3) is 0 Å². The highest BCUT2D eigenvalue weighted by Gasteiger charge is 2.59. The minimum Gasteiger partial charge on any atom is -0.317 e. The van der Waals surface area contributed by atoms with E-state index in [0.717, 1.165) is 25.7 Å². The molecule has 5 unspecified atom stereocenters. The van der Waals surface area contributed by atoms with Crippen LogP contribution in [0.25, 0.3) is 23.4 Å². The molecule has 3 aromatic carbocycles. The molecule has 1 spiro atoms. The summed E-state index contributed by atoms with van der Waals surface area (Å²) >= 11 is 4.36. The maximum absolute atomic E-state index is 2.81. The largest absolute Gasteiger partial charge is 0.317 e. The maximum atomic E-state index is 2.81. The molecule has 0 saturated carbocycles. The van der Waals surface area contributed by atoms with Gasteiger partial charge in [0.1, 0.15) is 0 Å². The highest BCUT2D eigenvalue weighted by molar-refractivity contribution is 8.00. The van der Waals surface area contributed by atoms with Crippen molar-refractivity contribution in [3.05, 3.63) is 166 Å². The molecular weight excluding hydrogens is 667 g/mol. The Balaban J connectivity index is 1.11. The lowest BCUT2D eigenvalue weighted by Gasteiger charge is -2.59. The topological polar surface area (TPSA) is 4.93 Å². The third kappa shape index (κ3) is 4.77. The summed E-state index contributed by atoms with van der Waals surface area (Å²) in [5.41, 5.74) is 16.4. The van der Waals surface area contributed by atoms with Gasteiger partial charge in [0.05, 0.1) is 0 Å². The fraction of sp³-hybridized carbons (Fsp3) is 0.306. The normalized spacial score (nSPS) is 28.0. The third-order valence-corrected chi connectivity index (χ3v) is 16.2. The van der Waals surface area contributed by atoms with Gasteiger partial charge in [-0.1, -0.05) is 103 Å². The number of nitrogens with zero attached hydrogens (tertiary/aromatic N) is 1. The summed E-state index contributed by atoms with van der Waals surface area (Å²) in [6.45, 7) is 0. The summed E-state index contributed by atoms with van der Waals surface area (Å²) in [4.78, 5) is 2.94. The summed E-state index contributed by atoms with van der Waals surface area (Å²) in [7, 11) is 0. The zero-order valence-electron chi connectivity index (χ0n) is 29.8. The average molecular weight is 712 g/mol. The number of thioether (sulfide) groups is 1. The molecule has 0 amide bonds. The molecule has 4 aromatic rings. The number of allylic oxidation sites excluding steroid dienone is 10. The Bertz CT molecular complexity index is 2290. The van der Waals surface area contributed by atoms with Crippen LogP contribution in [0.5, 0.6) is 0 Å². The van der Waals surface area contributed by atoms with E-state index in [1.807, 2.05) is 11.8 Å². The molecule has 7 aliphatic rings. The fourth-order valence-corrected chi connectivity index (χ4v) is 14.2. The molecule has 258 valence electrons. The van der Waals surface area contributed by atoms with Crippen LogP contribution >= 0.6 is 23.5 Å². The molecule has 3 heteroatoms. The van der Waals surface area contributed by atoms with Gasteiger partial charge in [-0.25, -0.2) is 0 Å². The molecule has 1 aromatic heterocycles.